The molecule has 0 bridgehead atoms. The van der Waals surface area contributed by atoms with Crippen LogP contribution in [0.1, 0.15) is 15.9 Å². The summed E-state index contributed by atoms with van der Waals surface area (Å²) < 4.78 is 16.6. The summed E-state index contributed by atoms with van der Waals surface area (Å²) in [6, 6.07) is 18.8. The van der Waals surface area contributed by atoms with Gasteiger partial charge in [0.1, 0.15) is 10.8 Å². The van der Waals surface area contributed by atoms with Crippen LogP contribution in [0.4, 0.5) is 5.13 Å². The minimum Gasteiger partial charge on any atom is -0.493 e. The molecule has 2 N–H and O–H groups in total. The normalized spacial score (nSPS) is 10.6. The largest absolute Gasteiger partial charge is 0.493 e. The Kier molecular flexibility index (Phi) is 8.97. The Labute approximate surface area is 234 Å². The second kappa shape index (κ2) is 12.8. The van der Waals surface area contributed by atoms with E-state index in [-0.39, 0.29) is 16.4 Å². The fourth-order valence-corrected chi connectivity index (χ4v) is 4.29. The molecule has 0 aliphatic rings. The number of amides is 2. The molecule has 1 aromatic heterocycles. The van der Waals surface area contributed by atoms with Crippen molar-refractivity contribution >= 4 is 56.4 Å². The molecule has 0 fully saturated rings. The van der Waals surface area contributed by atoms with Gasteiger partial charge in [-0.05, 0) is 36.4 Å². The van der Waals surface area contributed by atoms with Crippen LogP contribution >= 0.6 is 27.3 Å². The first-order valence-electron chi connectivity index (χ1n) is 11.1. The first kappa shape index (κ1) is 27.4. The van der Waals surface area contributed by atoms with E-state index in [1.54, 1.807) is 24.3 Å². The molecule has 3 aromatic carbocycles. The van der Waals surface area contributed by atoms with Crippen molar-refractivity contribution in [1.82, 2.24) is 15.6 Å². The van der Waals surface area contributed by atoms with E-state index in [1.165, 1.54) is 32.6 Å². The highest BCUT2D eigenvalue weighted by Gasteiger charge is 2.17. The lowest BCUT2D eigenvalue weighted by Crippen LogP contribution is -2.32. The number of benzene rings is 3. The molecule has 4 aromatic rings. The summed E-state index contributed by atoms with van der Waals surface area (Å²) in [6.45, 7) is 0. The molecule has 1 heterocycles. The van der Waals surface area contributed by atoms with Gasteiger partial charge in [-0.15, -0.1) is 10.2 Å². The molecular formula is C26H20BrN5O6S. The minimum absolute atomic E-state index is 0.161. The Morgan fingerprint density at radius 1 is 0.897 bits per heavy atom. The monoisotopic (exact) mass is 609 g/mol. The summed E-state index contributed by atoms with van der Waals surface area (Å²) in [4.78, 5) is 37.3. The lowest BCUT2D eigenvalue weighted by Gasteiger charge is -2.11. The lowest BCUT2D eigenvalue weighted by molar-refractivity contribution is -0.136. The number of nitrogens with zero attached hydrogens (tertiary/aromatic N) is 3. The van der Waals surface area contributed by atoms with E-state index < -0.39 is 17.8 Å². The van der Waals surface area contributed by atoms with Crippen LogP contribution in [-0.2, 0) is 9.59 Å². The van der Waals surface area contributed by atoms with E-state index in [2.05, 4.69) is 42.0 Å². The van der Waals surface area contributed by atoms with Crippen molar-refractivity contribution in [1.29, 1.82) is 0 Å². The molecule has 198 valence electrons. The fourth-order valence-electron chi connectivity index (χ4n) is 3.17. The molecule has 13 heteroatoms. The van der Waals surface area contributed by atoms with Crippen molar-refractivity contribution in [3.8, 4) is 27.8 Å². The number of hydrogen-bond donors (Lipinski definition) is 2. The van der Waals surface area contributed by atoms with Crippen LogP contribution < -0.4 is 25.0 Å². The van der Waals surface area contributed by atoms with Gasteiger partial charge in [-0.25, -0.2) is 10.2 Å². The second-order valence-electron chi connectivity index (χ2n) is 7.57. The number of halogens is 1. The number of esters is 1. The molecule has 0 radical (unpaired) electrons. The minimum atomic E-state index is -1.03. The van der Waals surface area contributed by atoms with Gasteiger partial charge in [0.15, 0.2) is 11.5 Å². The number of aromatic nitrogens is 2. The predicted molar refractivity (Wildman–Crippen MR) is 148 cm³/mol. The average molecular weight is 610 g/mol. The molecule has 0 spiro atoms. The number of carbonyl (C=O) groups is 3. The summed E-state index contributed by atoms with van der Waals surface area (Å²) >= 11 is 4.47. The zero-order chi connectivity index (χ0) is 27.8. The molecule has 4 rings (SSSR count). The quantitative estimate of drug-likeness (QED) is 0.0990. The Bertz CT molecular complexity index is 1540. The van der Waals surface area contributed by atoms with Gasteiger partial charge in [0.2, 0.25) is 5.13 Å². The Morgan fingerprint density at radius 3 is 2.38 bits per heavy atom. The summed E-state index contributed by atoms with van der Waals surface area (Å²) in [6.07, 6.45) is 1.24. The maximum absolute atomic E-state index is 12.7. The van der Waals surface area contributed by atoms with Gasteiger partial charge in [-0.2, -0.15) is 5.10 Å². The fraction of sp³-hybridized carbons (Fsp3) is 0.0769. The number of carbonyl (C=O) groups excluding carboxylic acids is 3. The van der Waals surface area contributed by atoms with Crippen molar-refractivity contribution < 1.29 is 28.6 Å². The van der Waals surface area contributed by atoms with E-state index >= 15 is 0 Å². The van der Waals surface area contributed by atoms with Gasteiger partial charge in [0.25, 0.3) is 0 Å². The predicted octanol–water partition coefficient (Wildman–Crippen LogP) is 4.29. The molecule has 0 saturated carbocycles. The maximum atomic E-state index is 12.7. The van der Waals surface area contributed by atoms with Crippen LogP contribution in [0, 0.1) is 0 Å². The van der Waals surface area contributed by atoms with Crippen LogP contribution in [0.15, 0.2) is 76.3 Å². The number of rotatable bonds is 8. The molecule has 0 aliphatic carbocycles. The first-order chi connectivity index (χ1) is 18.9. The number of hydrogen-bond acceptors (Lipinski definition) is 10. The van der Waals surface area contributed by atoms with E-state index in [0.29, 0.717) is 26.5 Å². The third-order valence-corrected chi connectivity index (χ3v) is 6.42. The molecule has 0 aliphatic heterocycles. The van der Waals surface area contributed by atoms with Gasteiger partial charge in [-0.1, -0.05) is 57.6 Å². The summed E-state index contributed by atoms with van der Waals surface area (Å²) in [7, 11) is 2.95. The second-order valence-corrected chi connectivity index (χ2v) is 9.47. The molecule has 11 nitrogen and oxygen atoms in total. The standard InChI is InChI=1S/C26H20BrN5O6S/c1-36-20-10-8-16(13-21(20)37-2)25(35)38-19-11-9-18(27)12-17(19)14-28-30-23(34)22(33)29-26-32-31-24(39-26)15-6-4-3-5-7-15/h3-14H,1-2H3,(H,30,34)(H,29,32,33)/b28-14+. The van der Waals surface area contributed by atoms with Crippen molar-refractivity contribution in [2.24, 2.45) is 5.10 Å². The zero-order valence-corrected chi connectivity index (χ0v) is 22.9. The molecular weight excluding hydrogens is 590 g/mol. The van der Waals surface area contributed by atoms with Gasteiger partial charge >= 0.3 is 17.8 Å². The van der Waals surface area contributed by atoms with Crippen LogP contribution in [0.3, 0.4) is 0 Å². The zero-order valence-electron chi connectivity index (χ0n) is 20.5. The van der Waals surface area contributed by atoms with Crippen molar-refractivity contribution in [3.63, 3.8) is 0 Å². The highest BCUT2D eigenvalue weighted by Crippen LogP contribution is 2.29. The number of anilines is 1. The van der Waals surface area contributed by atoms with Crippen molar-refractivity contribution in [3.05, 3.63) is 82.3 Å². The summed E-state index contributed by atoms with van der Waals surface area (Å²) in [5.41, 5.74) is 3.56. The Balaban J connectivity index is 1.39. The highest BCUT2D eigenvalue weighted by atomic mass is 79.9. The van der Waals surface area contributed by atoms with Crippen LogP contribution in [0.25, 0.3) is 10.6 Å². The molecule has 39 heavy (non-hydrogen) atoms. The SMILES string of the molecule is COc1ccc(C(=O)Oc2ccc(Br)cc2/C=N/NC(=O)C(=O)Nc2nnc(-c3ccccc3)s2)cc1OC. The topological polar surface area (TPSA) is 141 Å². The first-order valence-corrected chi connectivity index (χ1v) is 12.8. The smallest absolute Gasteiger partial charge is 0.343 e. The number of nitrogens with one attached hydrogen (secondary N) is 2. The van der Waals surface area contributed by atoms with Crippen LogP contribution in [-0.4, -0.2) is 48.4 Å². The van der Waals surface area contributed by atoms with E-state index in [0.717, 1.165) is 16.9 Å². The third-order valence-electron chi connectivity index (χ3n) is 5.04. The number of hydrazone groups is 1. The number of ether oxygens (including phenoxy) is 3. The Morgan fingerprint density at radius 2 is 1.64 bits per heavy atom. The average Bonchev–Trinajstić information content (AvgIpc) is 3.42. The lowest BCUT2D eigenvalue weighted by atomic mass is 10.2. The van der Waals surface area contributed by atoms with Crippen LogP contribution in [0.2, 0.25) is 0 Å². The third kappa shape index (κ3) is 7.03. The van der Waals surface area contributed by atoms with Crippen molar-refractivity contribution in [2.75, 3.05) is 19.5 Å². The summed E-state index contributed by atoms with van der Waals surface area (Å²) in [5, 5.41) is 14.9. The van der Waals surface area contributed by atoms with Gasteiger partial charge in [0.05, 0.1) is 26.0 Å². The summed E-state index contributed by atoms with van der Waals surface area (Å²) in [5.74, 6) is -1.65. The van der Waals surface area contributed by atoms with E-state index in [9.17, 15) is 14.4 Å². The highest BCUT2D eigenvalue weighted by molar-refractivity contribution is 9.10. The van der Waals surface area contributed by atoms with Gasteiger partial charge in [0, 0.05) is 15.6 Å². The van der Waals surface area contributed by atoms with Crippen LogP contribution in [0.5, 0.6) is 17.2 Å². The van der Waals surface area contributed by atoms with E-state index in [4.69, 9.17) is 14.2 Å². The van der Waals surface area contributed by atoms with Gasteiger partial charge in [-0.3, -0.25) is 14.9 Å². The van der Waals surface area contributed by atoms with E-state index in [1.807, 2.05) is 30.3 Å². The van der Waals surface area contributed by atoms with Gasteiger partial charge < -0.3 is 14.2 Å². The van der Waals surface area contributed by atoms with Crippen molar-refractivity contribution in [2.45, 2.75) is 0 Å². The molecule has 0 saturated heterocycles. The molecule has 0 atom stereocenters. The maximum Gasteiger partial charge on any atom is 0.343 e. The molecule has 0 unspecified atom stereocenters. The Hall–Kier alpha value is -4.62. The number of methoxy groups -OCH3 is 2. The molecule has 2 amide bonds.